The predicted octanol–water partition coefficient (Wildman–Crippen LogP) is 5.67. The van der Waals surface area contributed by atoms with Crippen LogP contribution in [-0.2, 0) is 12.8 Å². The number of piperidine rings is 1. The van der Waals surface area contributed by atoms with Gasteiger partial charge in [-0.2, -0.15) is 0 Å². The van der Waals surface area contributed by atoms with Gasteiger partial charge in [0.15, 0.2) is 5.78 Å². The van der Waals surface area contributed by atoms with E-state index < -0.39 is 0 Å². The molecule has 142 valence electrons. The molecular formula is C21H21Cl2NO2S. The molecule has 1 aromatic heterocycles. The summed E-state index contributed by atoms with van der Waals surface area (Å²) in [6, 6.07) is 7.12. The van der Waals surface area contributed by atoms with Crippen molar-refractivity contribution >= 4 is 46.2 Å². The molecule has 0 saturated carbocycles. The van der Waals surface area contributed by atoms with Crippen LogP contribution in [0.5, 0.6) is 0 Å². The van der Waals surface area contributed by atoms with Gasteiger partial charge in [0.1, 0.15) is 0 Å². The van der Waals surface area contributed by atoms with Crippen LogP contribution in [-0.4, -0.2) is 29.7 Å². The van der Waals surface area contributed by atoms with Gasteiger partial charge in [0.25, 0.3) is 5.91 Å². The van der Waals surface area contributed by atoms with Gasteiger partial charge in [-0.05, 0) is 68.4 Å². The fourth-order valence-corrected chi connectivity index (χ4v) is 5.50. The molecule has 0 spiro atoms. The molecule has 0 bridgehead atoms. The summed E-state index contributed by atoms with van der Waals surface area (Å²) < 4.78 is 0. The number of benzene rings is 1. The zero-order valence-corrected chi connectivity index (χ0v) is 17.3. The SMILES string of the molecule is O=C(c1ccc(Cl)c(Cl)c1)C1CCN(C(=O)c2cc3c(s2)CCCC3)CC1. The first-order valence-electron chi connectivity index (χ1n) is 9.43. The van der Waals surface area contributed by atoms with Crippen molar-refractivity contribution in [2.24, 2.45) is 5.92 Å². The van der Waals surface area contributed by atoms with Gasteiger partial charge in [-0.1, -0.05) is 23.2 Å². The number of carbonyl (C=O) groups excluding carboxylic acids is 2. The number of rotatable bonds is 3. The zero-order chi connectivity index (χ0) is 19.0. The van der Waals surface area contributed by atoms with Gasteiger partial charge in [-0.3, -0.25) is 9.59 Å². The van der Waals surface area contributed by atoms with Crippen molar-refractivity contribution in [3.05, 3.63) is 55.2 Å². The van der Waals surface area contributed by atoms with Gasteiger partial charge < -0.3 is 4.90 Å². The second-order valence-electron chi connectivity index (χ2n) is 7.33. The number of aryl methyl sites for hydroxylation is 2. The monoisotopic (exact) mass is 421 g/mol. The number of halogens is 2. The Morgan fingerprint density at radius 2 is 1.74 bits per heavy atom. The van der Waals surface area contributed by atoms with E-state index in [1.54, 1.807) is 29.5 Å². The van der Waals surface area contributed by atoms with Gasteiger partial charge in [-0.15, -0.1) is 11.3 Å². The minimum Gasteiger partial charge on any atom is -0.338 e. The van der Waals surface area contributed by atoms with Crippen LogP contribution in [0, 0.1) is 5.92 Å². The molecule has 1 aromatic carbocycles. The normalized spacial score (nSPS) is 17.6. The van der Waals surface area contributed by atoms with Crippen molar-refractivity contribution in [1.82, 2.24) is 4.90 Å². The number of amides is 1. The molecule has 4 rings (SSSR count). The minimum absolute atomic E-state index is 0.0668. The van der Waals surface area contributed by atoms with Crippen molar-refractivity contribution < 1.29 is 9.59 Å². The van der Waals surface area contributed by atoms with E-state index in [1.165, 1.54) is 23.3 Å². The average Bonchev–Trinajstić information content (AvgIpc) is 3.13. The lowest BCUT2D eigenvalue weighted by molar-refractivity contribution is 0.0654. The molecule has 3 nitrogen and oxygen atoms in total. The van der Waals surface area contributed by atoms with Gasteiger partial charge in [0.05, 0.1) is 14.9 Å². The summed E-state index contributed by atoms with van der Waals surface area (Å²) in [6.07, 6.45) is 6.03. The summed E-state index contributed by atoms with van der Waals surface area (Å²) in [4.78, 5) is 29.7. The highest BCUT2D eigenvalue weighted by atomic mass is 35.5. The van der Waals surface area contributed by atoms with Crippen molar-refractivity contribution in [2.45, 2.75) is 38.5 Å². The summed E-state index contributed by atoms with van der Waals surface area (Å²) >= 11 is 13.6. The quantitative estimate of drug-likeness (QED) is 0.598. The third kappa shape index (κ3) is 3.94. The Hall–Kier alpha value is -1.36. The first-order chi connectivity index (χ1) is 13.0. The molecule has 2 aromatic rings. The highest BCUT2D eigenvalue weighted by Gasteiger charge is 2.29. The van der Waals surface area contributed by atoms with Crippen LogP contribution < -0.4 is 0 Å². The number of likely N-dealkylation sites (tertiary alicyclic amines) is 1. The Morgan fingerprint density at radius 1 is 1.00 bits per heavy atom. The Morgan fingerprint density at radius 3 is 2.44 bits per heavy atom. The molecule has 1 saturated heterocycles. The molecule has 0 atom stereocenters. The molecule has 1 aliphatic carbocycles. The number of hydrogen-bond acceptors (Lipinski definition) is 3. The molecule has 1 fully saturated rings. The number of ketones is 1. The maximum absolute atomic E-state index is 12.9. The summed E-state index contributed by atoms with van der Waals surface area (Å²) in [7, 11) is 0. The van der Waals surface area contributed by atoms with Crippen molar-refractivity contribution in [3.63, 3.8) is 0 Å². The summed E-state index contributed by atoms with van der Waals surface area (Å²) in [6.45, 7) is 1.25. The molecule has 2 heterocycles. The third-order valence-corrected chi connectivity index (χ3v) is 7.53. The predicted molar refractivity (Wildman–Crippen MR) is 110 cm³/mol. The first-order valence-corrected chi connectivity index (χ1v) is 11.0. The Labute approximate surface area is 173 Å². The largest absolute Gasteiger partial charge is 0.338 e. The third-order valence-electron chi connectivity index (χ3n) is 5.56. The lowest BCUT2D eigenvalue weighted by atomic mass is 9.89. The number of fused-ring (bicyclic) bond motifs is 1. The first kappa shape index (κ1) is 19.0. The van der Waals surface area contributed by atoms with Crippen LogP contribution in [0.2, 0.25) is 10.0 Å². The van der Waals surface area contributed by atoms with Crippen molar-refractivity contribution in [2.75, 3.05) is 13.1 Å². The Kier molecular flexibility index (Phi) is 5.58. The van der Waals surface area contributed by atoms with Gasteiger partial charge in [-0.25, -0.2) is 0 Å². The summed E-state index contributed by atoms with van der Waals surface area (Å²) in [5.41, 5.74) is 1.96. The fourth-order valence-electron chi connectivity index (χ4n) is 3.98. The molecular weight excluding hydrogens is 401 g/mol. The second kappa shape index (κ2) is 7.94. The van der Waals surface area contributed by atoms with Crippen LogP contribution in [0.4, 0.5) is 0 Å². The highest BCUT2D eigenvalue weighted by molar-refractivity contribution is 7.14. The summed E-state index contributed by atoms with van der Waals surface area (Å²) in [5.74, 6) is 0.143. The topological polar surface area (TPSA) is 37.4 Å². The molecule has 1 aliphatic heterocycles. The number of Topliss-reactive ketones (excluding diaryl/α,β-unsaturated/α-hetero) is 1. The second-order valence-corrected chi connectivity index (χ2v) is 9.28. The molecule has 0 radical (unpaired) electrons. The lowest BCUT2D eigenvalue weighted by Crippen LogP contribution is -2.40. The molecule has 27 heavy (non-hydrogen) atoms. The van der Waals surface area contributed by atoms with Gasteiger partial charge >= 0.3 is 0 Å². The molecule has 0 N–H and O–H groups in total. The molecule has 6 heteroatoms. The number of carbonyl (C=O) groups is 2. The Balaban J connectivity index is 1.39. The number of thiophene rings is 1. The van der Waals surface area contributed by atoms with Crippen LogP contribution >= 0.6 is 34.5 Å². The van der Waals surface area contributed by atoms with E-state index in [0.717, 1.165) is 17.7 Å². The van der Waals surface area contributed by atoms with E-state index in [0.29, 0.717) is 41.5 Å². The van der Waals surface area contributed by atoms with Gasteiger partial charge in [0, 0.05) is 29.4 Å². The molecule has 1 amide bonds. The maximum atomic E-state index is 12.9. The number of nitrogens with zero attached hydrogens (tertiary/aromatic N) is 1. The van der Waals surface area contributed by atoms with E-state index >= 15 is 0 Å². The van der Waals surface area contributed by atoms with E-state index in [-0.39, 0.29) is 17.6 Å². The highest BCUT2D eigenvalue weighted by Crippen LogP contribution is 2.32. The van der Waals surface area contributed by atoms with E-state index in [4.69, 9.17) is 23.2 Å². The fraction of sp³-hybridized carbons (Fsp3) is 0.429. The maximum Gasteiger partial charge on any atom is 0.263 e. The smallest absolute Gasteiger partial charge is 0.263 e. The lowest BCUT2D eigenvalue weighted by Gasteiger charge is -2.31. The van der Waals surface area contributed by atoms with Crippen LogP contribution in [0.3, 0.4) is 0 Å². The standard InChI is InChI=1S/C21H21Cl2NO2S/c22-16-6-5-15(11-17(16)23)20(25)13-7-9-24(10-8-13)21(26)19-12-14-3-1-2-4-18(14)27-19/h5-6,11-13H,1-4,7-10H2. The number of hydrogen-bond donors (Lipinski definition) is 0. The molecule has 2 aliphatic rings. The van der Waals surface area contributed by atoms with Crippen molar-refractivity contribution in [1.29, 1.82) is 0 Å². The average molecular weight is 422 g/mol. The minimum atomic E-state index is -0.0668. The van der Waals surface area contributed by atoms with E-state index in [1.807, 2.05) is 4.90 Å². The van der Waals surface area contributed by atoms with Crippen LogP contribution in [0.15, 0.2) is 24.3 Å². The molecule has 0 unspecified atom stereocenters. The summed E-state index contributed by atoms with van der Waals surface area (Å²) in [5, 5.41) is 0.851. The van der Waals surface area contributed by atoms with Crippen molar-refractivity contribution in [3.8, 4) is 0 Å². The van der Waals surface area contributed by atoms with Crippen LogP contribution in [0.1, 0.15) is 56.2 Å². The van der Waals surface area contributed by atoms with Gasteiger partial charge in [0.2, 0.25) is 0 Å². The van der Waals surface area contributed by atoms with E-state index in [9.17, 15) is 9.59 Å². The zero-order valence-electron chi connectivity index (χ0n) is 15.0. The van der Waals surface area contributed by atoms with Crippen LogP contribution in [0.25, 0.3) is 0 Å². The Bertz CT molecular complexity index is 861. The van der Waals surface area contributed by atoms with E-state index in [2.05, 4.69) is 6.07 Å².